The van der Waals surface area contributed by atoms with E-state index in [4.69, 9.17) is 0 Å². The molecule has 1 atom stereocenters. The fourth-order valence-corrected chi connectivity index (χ4v) is 2.89. The molecule has 0 bridgehead atoms. The summed E-state index contributed by atoms with van der Waals surface area (Å²) in [4.78, 5) is 17.3. The average Bonchev–Trinajstić information content (AvgIpc) is 2.76. The third kappa shape index (κ3) is 2.02. The lowest BCUT2D eigenvalue weighted by Crippen LogP contribution is -2.48. The molecule has 1 aliphatic heterocycles. The molecule has 0 aromatic carbocycles. The molecule has 1 saturated heterocycles. The first-order valence-corrected chi connectivity index (χ1v) is 6.48. The maximum atomic E-state index is 11.2. The van der Waals surface area contributed by atoms with Gasteiger partial charge in [-0.1, -0.05) is 0 Å². The predicted octanol–water partition coefficient (Wildman–Crippen LogP) is 0.909. The lowest BCUT2D eigenvalue weighted by atomic mass is 10.3. The van der Waals surface area contributed by atoms with Crippen molar-refractivity contribution in [1.29, 1.82) is 0 Å². The minimum Gasteiger partial charge on any atom is -0.480 e. The zero-order valence-electron chi connectivity index (χ0n) is 9.17. The summed E-state index contributed by atoms with van der Waals surface area (Å²) in [5, 5.41) is 9.18. The van der Waals surface area contributed by atoms with Crippen molar-refractivity contribution in [3.63, 3.8) is 0 Å². The number of aliphatic carboxylic acids is 1. The highest BCUT2D eigenvalue weighted by Crippen LogP contribution is 2.22. The molecule has 2 heterocycles. The lowest BCUT2D eigenvalue weighted by Gasteiger charge is -2.33. The molecule has 6 heteroatoms. The highest BCUT2D eigenvalue weighted by atomic mass is 32.2. The number of aromatic nitrogens is 2. The Hall–Kier alpha value is -1.17. The molecular formula is C10H15N3O2S. The standard InChI is InChI=1S/C10H15N3O2S/c1-2-12-4-3-11-10(12)13-5-6-16-7-8(13)9(14)15/h3-4,8H,2,5-7H2,1H3,(H,14,15). The van der Waals surface area contributed by atoms with E-state index in [0.717, 1.165) is 24.8 Å². The second-order valence-corrected chi connectivity index (χ2v) is 4.79. The Bertz CT molecular complexity index is 380. The van der Waals surface area contributed by atoms with E-state index in [0.29, 0.717) is 5.75 Å². The van der Waals surface area contributed by atoms with E-state index >= 15 is 0 Å². The van der Waals surface area contributed by atoms with Gasteiger partial charge in [0.25, 0.3) is 0 Å². The molecule has 1 aromatic heterocycles. The molecule has 5 nitrogen and oxygen atoms in total. The molecule has 1 unspecified atom stereocenters. The van der Waals surface area contributed by atoms with Crippen LogP contribution in [0.2, 0.25) is 0 Å². The number of carboxylic acid groups (broad SMARTS) is 1. The molecule has 0 radical (unpaired) electrons. The first-order valence-electron chi connectivity index (χ1n) is 5.32. The fourth-order valence-electron chi connectivity index (χ4n) is 1.85. The normalized spacial score (nSPS) is 21.1. The van der Waals surface area contributed by atoms with Gasteiger partial charge >= 0.3 is 5.97 Å². The van der Waals surface area contributed by atoms with E-state index in [1.807, 2.05) is 22.6 Å². The van der Waals surface area contributed by atoms with Gasteiger partial charge in [-0.2, -0.15) is 11.8 Å². The number of carboxylic acids is 1. The summed E-state index contributed by atoms with van der Waals surface area (Å²) < 4.78 is 1.98. The molecule has 1 fully saturated rings. The second kappa shape index (κ2) is 4.78. The zero-order chi connectivity index (χ0) is 11.5. The molecule has 0 amide bonds. The smallest absolute Gasteiger partial charge is 0.327 e. The summed E-state index contributed by atoms with van der Waals surface area (Å²) in [5.41, 5.74) is 0. The number of hydrogen-bond acceptors (Lipinski definition) is 4. The summed E-state index contributed by atoms with van der Waals surface area (Å²) in [6, 6.07) is -0.452. The number of aryl methyl sites for hydroxylation is 1. The number of rotatable bonds is 3. The van der Waals surface area contributed by atoms with Gasteiger partial charge in [0.2, 0.25) is 5.95 Å². The SMILES string of the molecule is CCn1ccnc1N1CCSCC1C(=O)O. The fraction of sp³-hybridized carbons (Fsp3) is 0.600. The van der Waals surface area contributed by atoms with Crippen LogP contribution in [0.15, 0.2) is 12.4 Å². The highest BCUT2D eigenvalue weighted by molar-refractivity contribution is 7.99. The van der Waals surface area contributed by atoms with Gasteiger partial charge in [0.1, 0.15) is 6.04 Å². The Morgan fingerprint density at radius 2 is 2.56 bits per heavy atom. The summed E-state index contributed by atoms with van der Waals surface area (Å²) >= 11 is 1.69. The van der Waals surface area contributed by atoms with Gasteiger partial charge in [-0.05, 0) is 6.92 Å². The van der Waals surface area contributed by atoms with E-state index in [-0.39, 0.29) is 0 Å². The topological polar surface area (TPSA) is 58.4 Å². The van der Waals surface area contributed by atoms with E-state index in [9.17, 15) is 9.90 Å². The van der Waals surface area contributed by atoms with Crippen LogP contribution in [0.1, 0.15) is 6.92 Å². The Kier molecular flexibility index (Phi) is 3.38. The quantitative estimate of drug-likeness (QED) is 0.852. The maximum absolute atomic E-state index is 11.2. The number of anilines is 1. The van der Waals surface area contributed by atoms with E-state index in [1.165, 1.54) is 0 Å². The Balaban J connectivity index is 2.26. The molecule has 2 rings (SSSR count). The zero-order valence-corrected chi connectivity index (χ0v) is 9.98. The number of carbonyl (C=O) groups is 1. The number of hydrogen-bond donors (Lipinski definition) is 1. The molecule has 0 saturated carbocycles. The minimum atomic E-state index is -0.766. The van der Waals surface area contributed by atoms with Crippen LogP contribution in [0, 0.1) is 0 Å². The lowest BCUT2D eigenvalue weighted by molar-refractivity contribution is -0.138. The van der Waals surface area contributed by atoms with Gasteiger partial charge in [-0.25, -0.2) is 9.78 Å². The summed E-state index contributed by atoms with van der Waals surface area (Å²) in [5.74, 6) is 1.60. The van der Waals surface area contributed by atoms with Crippen LogP contribution in [0.5, 0.6) is 0 Å². The molecule has 1 aromatic rings. The monoisotopic (exact) mass is 241 g/mol. The molecular weight excluding hydrogens is 226 g/mol. The molecule has 0 aliphatic carbocycles. The summed E-state index contributed by atoms with van der Waals surface area (Å²) in [7, 11) is 0. The van der Waals surface area contributed by atoms with Crippen molar-refractivity contribution in [2.45, 2.75) is 19.5 Å². The average molecular weight is 241 g/mol. The van der Waals surface area contributed by atoms with E-state index in [2.05, 4.69) is 4.98 Å². The van der Waals surface area contributed by atoms with Crippen LogP contribution in [0.3, 0.4) is 0 Å². The largest absolute Gasteiger partial charge is 0.480 e. The van der Waals surface area contributed by atoms with Gasteiger partial charge in [0, 0.05) is 37.0 Å². The van der Waals surface area contributed by atoms with E-state index in [1.54, 1.807) is 18.0 Å². The summed E-state index contributed by atoms with van der Waals surface area (Å²) in [6.45, 7) is 3.59. The maximum Gasteiger partial charge on any atom is 0.327 e. The van der Waals surface area contributed by atoms with Crippen LogP contribution in [0.4, 0.5) is 5.95 Å². The third-order valence-corrected chi connectivity index (χ3v) is 3.73. The van der Waals surface area contributed by atoms with Crippen molar-refractivity contribution in [2.75, 3.05) is 23.0 Å². The van der Waals surface area contributed by atoms with Crippen molar-refractivity contribution in [1.82, 2.24) is 9.55 Å². The Labute approximate surface area is 98.5 Å². The van der Waals surface area contributed by atoms with Gasteiger partial charge in [-0.3, -0.25) is 0 Å². The van der Waals surface area contributed by atoms with Gasteiger partial charge < -0.3 is 14.6 Å². The minimum absolute atomic E-state index is 0.452. The van der Waals surface area contributed by atoms with Crippen molar-refractivity contribution >= 4 is 23.7 Å². The van der Waals surface area contributed by atoms with Crippen LogP contribution < -0.4 is 4.90 Å². The first kappa shape index (κ1) is 11.3. The molecule has 1 N–H and O–H groups in total. The number of thioether (sulfide) groups is 1. The van der Waals surface area contributed by atoms with Crippen LogP contribution in [-0.2, 0) is 11.3 Å². The van der Waals surface area contributed by atoms with Crippen molar-refractivity contribution < 1.29 is 9.90 Å². The Morgan fingerprint density at radius 3 is 3.25 bits per heavy atom. The summed E-state index contributed by atoms with van der Waals surface area (Å²) in [6.07, 6.45) is 3.61. The van der Waals surface area contributed by atoms with Crippen molar-refractivity contribution in [3.05, 3.63) is 12.4 Å². The Morgan fingerprint density at radius 1 is 1.75 bits per heavy atom. The number of imidazole rings is 1. The van der Waals surface area contributed by atoms with Crippen LogP contribution in [-0.4, -0.2) is 44.7 Å². The van der Waals surface area contributed by atoms with Gasteiger partial charge in [0.15, 0.2) is 0 Å². The van der Waals surface area contributed by atoms with Gasteiger partial charge in [0.05, 0.1) is 0 Å². The second-order valence-electron chi connectivity index (χ2n) is 3.64. The molecule has 1 aliphatic rings. The predicted molar refractivity (Wildman–Crippen MR) is 64.0 cm³/mol. The first-order chi connectivity index (χ1) is 7.74. The van der Waals surface area contributed by atoms with Crippen LogP contribution in [0.25, 0.3) is 0 Å². The van der Waals surface area contributed by atoms with Gasteiger partial charge in [-0.15, -0.1) is 0 Å². The third-order valence-electron chi connectivity index (χ3n) is 2.70. The molecule has 88 valence electrons. The van der Waals surface area contributed by atoms with Crippen molar-refractivity contribution in [3.8, 4) is 0 Å². The van der Waals surface area contributed by atoms with Crippen LogP contribution >= 0.6 is 11.8 Å². The molecule has 0 spiro atoms. The highest BCUT2D eigenvalue weighted by Gasteiger charge is 2.31. The van der Waals surface area contributed by atoms with E-state index < -0.39 is 12.0 Å². The van der Waals surface area contributed by atoms with Crippen molar-refractivity contribution in [2.24, 2.45) is 0 Å². The molecule has 16 heavy (non-hydrogen) atoms. The number of nitrogens with zero attached hydrogens (tertiary/aromatic N) is 3.